The second-order valence-electron chi connectivity index (χ2n) is 6.79. The molecule has 0 atom stereocenters. The number of alkyl halides is 3. The average Bonchev–Trinajstić information content (AvgIpc) is 2.58. The van der Waals surface area contributed by atoms with Gasteiger partial charge in [-0.2, -0.15) is 13.2 Å². The first-order valence-corrected chi connectivity index (χ1v) is 9.11. The third-order valence-corrected chi connectivity index (χ3v) is 4.02. The van der Waals surface area contributed by atoms with E-state index >= 15 is 0 Å². The second kappa shape index (κ2) is 11.0. The van der Waals surface area contributed by atoms with Crippen LogP contribution in [0.1, 0.15) is 33.3 Å². The summed E-state index contributed by atoms with van der Waals surface area (Å²) in [7, 11) is 1.66. The van der Waals surface area contributed by atoms with Gasteiger partial charge in [-0.25, -0.2) is 0 Å². The van der Waals surface area contributed by atoms with Gasteiger partial charge in [-0.3, -0.25) is 9.89 Å². The number of guanidine groups is 1. The van der Waals surface area contributed by atoms with Crippen LogP contribution in [0.3, 0.4) is 0 Å². The molecular weight excluding hydrogens is 357 g/mol. The minimum Gasteiger partial charge on any atom is -0.484 e. The number of ether oxygens (including phenoxy) is 1. The lowest BCUT2D eigenvalue weighted by atomic mass is 10.2. The normalized spacial score (nSPS) is 12.8. The summed E-state index contributed by atoms with van der Waals surface area (Å²) in [4.78, 5) is 6.52. The molecule has 0 bridgehead atoms. The molecule has 8 heteroatoms. The van der Waals surface area contributed by atoms with Crippen LogP contribution < -0.4 is 15.4 Å². The number of aliphatic imine (C=N–C) groups is 1. The first-order valence-electron chi connectivity index (χ1n) is 9.11. The molecule has 0 radical (unpaired) electrons. The van der Waals surface area contributed by atoms with Gasteiger partial charge in [-0.1, -0.05) is 18.2 Å². The van der Waals surface area contributed by atoms with Crippen molar-refractivity contribution < 1.29 is 17.9 Å². The van der Waals surface area contributed by atoms with Crippen molar-refractivity contribution in [1.82, 2.24) is 15.5 Å². The van der Waals surface area contributed by atoms with E-state index in [9.17, 15) is 13.2 Å². The van der Waals surface area contributed by atoms with E-state index < -0.39 is 12.8 Å². The Bertz CT molecular complexity index is 581. The standard InChI is InChI=1S/C19H31F3N4O/c1-14(2)26(15(3)4)11-10-24-18(23-5)25-12-16-8-6-7-9-17(16)27-13-19(20,21)22/h6-9,14-15H,10-13H2,1-5H3,(H2,23,24,25). The molecule has 0 aliphatic rings. The highest BCUT2D eigenvalue weighted by atomic mass is 19.4. The number of para-hydroxylation sites is 1. The summed E-state index contributed by atoms with van der Waals surface area (Å²) in [6.45, 7) is 9.21. The maximum absolute atomic E-state index is 12.4. The number of nitrogens with zero attached hydrogens (tertiary/aromatic N) is 2. The number of hydrogen-bond donors (Lipinski definition) is 2. The van der Waals surface area contributed by atoms with Crippen molar-refractivity contribution >= 4 is 5.96 Å². The molecule has 0 heterocycles. The van der Waals surface area contributed by atoms with Crippen molar-refractivity contribution in [2.24, 2.45) is 4.99 Å². The molecule has 1 aromatic carbocycles. The Kier molecular flexibility index (Phi) is 9.41. The highest BCUT2D eigenvalue weighted by molar-refractivity contribution is 5.79. The zero-order chi connectivity index (χ0) is 20.4. The monoisotopic (exact) mass is 388 g/mol. The van der Waals surface area contributed by atoms with Crippen molar-refractivity contribution in [1.29, 1.82) is 0 Å². The van der Waals surface area contributed by atoms with Gasteiger partial charge in [0.1, 0.15) is 5.75 Å². The van der Waals surface area contributed by atoms with Gasteiger partial charge in [0.15, 0.2) is 12.6 Å². The van der Waals surface area contributed by atoms with Crippen LogP contribution in [0.4, 0.5) is 13.2 Å². The van der Waals surface area contributed by atoms with E-state index in [2.05, 4.69) is 48.2 Å². The van der Waals surface area contributed by atoms with E-state index in [1.165, 1.54) is 6.07 Å². The van der Waals surface area contributed by atoms with Gasteiger partial charge in [0.2, 0.25) is 0 Å². The summed E-state index contributed by atoms with van der Waals surface area (Å²) in [6, 6.07) is 7.55. The Balaban J connectivity index is 2.56. The van der Waals surface area contributed by atoms with E-state index in [1.54, 1.807) is 25.2 Å². The Labute approximate surface area is 160 Å². The van der Waals surface area contributed by atoms with Crippen LogP contribution in [0, 0.1) is 0 Å². The summed E-state index contributed by atoms with van der Waals surface area (Å²) >= 11 is 0. The molecule has 1 rings (SSSR count). The van der Waals surface area contributed by atoms with Crippen molar-refractivity contribution in [3.8, 4) is 5.75 Å². The maximum Gasteiger partial charge on any atom is 0.422 e. The first kappa shape index (κ1) is 23.1. The van der Waals surface area contributed by atoms with Gasteiger partial charge in [-0.15, -0.1) is 0 Å². The Morgan fingerprint density at radius 1 is 1.11 bits per heavy atom. The van der Waals surface area contributed by atoms with Gasteiger partial charge < -0.3 is 15.4 Å². The summed E-state index contributed by atoms with van der Waals surface area (Å²) < 4.78 is 42.1. The van der Waals surface area contributed by atoms with Crippen molar-refractivity contribution in [2.75, 3.05) is 26.7 Å². The number of halogens is 3. The van der Waals surface area contributed by atoms with E-state index in [4.69, 9.17) is 4.74 Å². The lowest BCUT2D eigenvalue weighted by Crippen LogP contribution is -2.45. The maximum atomic E-state index is 12.4. The van der Waals surface area contributed by atoms with Crippen LogP contribution in [-0.2, 0) is 6.54 Å². The lowest BCUT2D eigenvalue weighted by molar-refractivity contribution is -0.153. The molecule has 0 unspecified atom stereocenters. The smallest absolute Gasteiger partial charge is 0.422 e. The van der Waals surface area contributed by atoms with Crippen LogP contribution in [0.2, 0.25) is 0 Å². The van der Waals surface area contributed by atoms with E-state index in [-0.39, 0.29) is 5.75 Å². The van der Waals surface area contributed by atoms with Crippen LogP contribution in [0.25, 0.3) is 0 Å². The fraction of sp³-hybridized carbons (Fsp3) is 0.632. The summed E-state index contributed by atoms with van der Waals surface area (Å²) in [5, 5.41) is 6.35. The van der Waals surface area contributed by atoms with Crippen molar-refractivity contribution in [3.05, 3.63) is 29.8 Å². The zero-order valence-corrected chi connectivity index (χ0v) is 16.7. The average molecular weight is 388 g/mol. The van der Waals surface area contributed by atoms with E-state index in [0.717, 1.165) is 6.54 Å². The summed E-state index contributed by atoms with van der Waals surface area (Å²) in [5.41, 5.74) is 0.635. The molecule has 0 aliphatic heterocycles. The molecule has 1 aromatic rings. The predicted molar refractivity (Wildman–Crippen MR) is 103 cm³/mol. The minimum atomic E-state index is -4.36. The molecule has 27 heavy (non-hydrogen) atoms. The molecule has 0 aromatic heterocycles. The SMILES string of the molecule is CN=C(NCCN(C(C)C)C(C)C)NCc1ccccc1OCC(F)(F)F. The van der Waals surface area contributed by atoms with Crippen LogP contribution >= 0.6 is 0 Å². The molecule has 2 N–H and O–H groups in total. The molecule has 0 saturated carbocycles. The lowest BCUT2D eigenvalue weighted by Gasteiger charge is -2.30. The molecule has 5 nitrogen and oxygen atoms in total. The topological polar surface area (TPSA) is 48.9 Å². The molecule has 154 valence electrons. The van der Waals surface area contributed by atoms with Crippen molar-refractivity contribution in [3.63, 3.8) is 0 Å². The highest BCUT2D eigenvalue weighted by Crippen LogP contribution is 2.22. The minimum absolute atomic E-state index is 0.212. The fourth-order valence-electron chi connectivity index (χ4n) is 2.77. The molecule has 0 amide bonds. The molecule has 0 aliphatic carbocycles. The van der Waals surface area contributed by atoms with Gasteiger partial charge in [0.25, 0.3) is 0 Å². The van der Waals surface area contributed by atoms with Crippen LogP contribution in [0.5, 0.6) is 5.75 Å². The third-order valence-electron chi connectivity index (χ3n) is 4.02. The number of hydrogen-bond acceptors (Lipinski definition) is 3. The van der Waals surface area contributed by atoms with E-state index in [0.29, 0.717) is 36.7 Å². The Morgan fingerprint density at radius 3 is 2.30 bits per heavy atom. The predicted octanol–water partition coefficient (Wildman–Crippen LogP) is 3.41. The van der Waals surface area contributed by atoms with Gasteiger partial charge in [-0.05, 0) is 33.8 Å². The Hall–Kier alpha value is -1.96. The highest BCUT2D eigenvalue weighted by Gasteiger charge is 2.28. The fourth-order valence-corrected chi connectivity index (χ4v) is 2.77. The van der Waals surface area contributed by atoms with Crippen LogP contribution in [0.15, 0.2) is 29.3 Å². The number of benzene rings is 1. The molecule has 0 spiro atoms. The van der Waals surface area contributed by atoms with Gasteiger partial charge >= 0.3 is 6.18 Å². The first-order chi connectivity index (χ1) is 12.6. The van der Waals surface area contributed by atoms with Gasteiger partial charge in [0, 0.05) is 44.3 Å². The number of rotatable bonds is 9. The molecule has 0 saturated heterocycles. The summed E-state index contributed by atoms with van der Waals surface area (Å²) in [6.07, 6.45) is -4.36. The Morgan fingerprint density at radius 2 is 1.74 bits per heavy atom. The molecule has 0 fully saturated rings. The summed E-state index contributed by atoms with van der Waals surface area (Å²) in [5.74, 6) is 0.802. The van der Waals surface area contributed by atoms with Gasteiger partial charge in [0.05, 0.1) is 0 Å². The third kappa shape index (κ3) is 8.99. The van der Waals surface area contributed by atoms with Crippen molar-refractivity contribution in [2.45, 2.75) is 52.5 Å². The van der Waals surface area contributed by atoms with Crippen LogP contribution in [-0.4, -0.2) is 55.9 Å². The quantitative estimate of drug-likeness (QED) is 0.503. The number of nitrogens with one attached hydrogen (secondary N) is 2. The molecular formula is C19H31F3N4O. The van der Waals surface area contributed by atoms with E-state index in [1.807, 2.05) is 0 Å². The largest absolute Gasteiger partial charge is 0.484 e. The zero-order valence-electron chi connectivity index (χ0n) is 16.7. The second-order valence-corrected chi connectivity index (χ2v) is 6.79.